The van der Waals surface area contributed by atoms with Crippen molar-refractivity contribution >= 4 is 11.9 Å². The van der Waals surface area contributed by atoms with Gasteiger partial charge in [0.15, 0.2) is 0 Å². The van der Waals surface area contributed by atoms with Crippen LogP contribution < -0.4 is 4.74 Å². The average molecular weight is 256 g/mol. The first-order valence-electron chi connectivity index (χ1n) is 5.32. The van der Waals surface area contributed by atoms with Gasteiger partial charge in [-0.1, -0.05) is 6.92 Å². The number of rotatable bonds is 5. The smallest absolute Gasteiger partial charge is 0.339 e. The molecule has 0 amide bonds. The zero-order valence-electron chi connectivity index (χ0n) is 9.99. The minimum Gasteiger partial charge on any atom is -0.493 e. The first kappa shape index (κ1) is 14.0. The van der Waals surface area contributed by atoms with Crippen molar-refractivity contribution in [3.63, 3.8) is 0 Å². The fourth-order valence-corrected chi connectivity index (χ4v) is 1.60. The van der Waals surface area contributed by atoms with E-state index in [1.54, 1.807) is 0 Å². The van der Waals surface area contributed by atoms with Crippen LogP contribution in [0.3, 0.4) is 0 Å². The number of hydrogen-bond donors (Lipinski definition) is 2. The molecule has 0 aliphatic rings. The number of benzene rings is 1. The van der Waals surface area contributed by atoms with E-state index in [4.69, 9.17) is 14.9 Å². The minimum absolute atomic E-state index is 0.149. The van der Waals surface area contributed by atoms with E-state index in [9.17, 15) is 14.0 Å². The van der Waals surface area contributed by atoms with E-state index in [1.165, 1.54) is 6.92 Å². The van der Waals surface area contributed by atoms with Gasteiger partial charge in [-0.05, 0) is 18.9 Å². The zero-order valence-corrected chi connectivity index (χ0v) is 9.99. The van der Waals surface area contributed by atoms with Gasteiger partial charge < -0.3 is 14.9 Å². The van der Waals surface area contributed by atoms with E-state index in [0.717, 1.165) is 6.07 Å². The van der Waals surface area contributed by atoms with Crippen LogP contribution in [0.15, 0.2) is 6.07 Å². The third-order valence-corrected chi connectivity index (χ3v) is 2.38. The Labute approximate surface area is 103 Å². The lowest BCUT2D eigenvalue weighted by Crippen LogP contribution is -2.13. The lowest BCUT2D eigenvalue weighted by molar-refractivity contribution is 0.0690. The molecule has 2 N–H and O–H groups in total. The molecule has 5 nitrogen and oxygen atoms in total. The third-order valence-electron chi connectivity index (χ3n) is 2.38. The SMILES string of the molecule is CCCOc1cc(F)c(C(=O)O)c(C)c1C(=O)O. The van der Waals surface area contributed by atoms with Gasteiger partial charge in [0.1, 0.15) is 17.1 Å². The quantitative estimate of drug-likeness (QED) is 0.844. The summed E-state index contributed by atoms with van der Waals surface area (Å²) in [5.41, 5.74) is -1.11. The monoisotopic (exact) mass is 256 g/mol. The first-order valence-corrected chi connectivity index (χ1v) is 5.32. The van der Waals surface area contributed by atoms with Crippen LogP contribution in [0.25, 0.3) is 0 Å². The molecule has 6 heteroatoms. The van der Waals surface area contributed by atoms with Crippen molar-refractivity contribution in [3.05, 3.63) is 28.6 Å². The maximum absolute atomic E-state index is 13.6. The Bertz CT molecular complexity index is 496. The molecule has 0 unspecified atom stereocenters. The van der Waals surface area contributed by atoms with Crippen molar-refractivity contribution < 1.29 is 28.9 Å². The fraction of sp³-hybridized carbons (Fsp3) is 0.333. The van der Waals surface area contributed by atoms with Gasteiger partial charge in [0.2, 0.25) is 0 Å². The van der Waals surface area contributed by atoms with Crippen LogP contribution >= 0.6 is 0 Å². The lowest BCUT2D eigenvalue weighted by atomic mass is 10.0. The summed E-state index contributed by atoms with van der Waals surface area (Å²) < 4.78 is 18.7. The van der Waals surface area contributed by atoms with Crippen molar-refractivity contribution in [2.75, 3.05) is 6.61 Å². The van der Waals surface area contributed by atoms with Crippen LogP contribution in [0.1, 0.15) is 39.6 Å². The predicted molar refractivity (Wildman–Crippen MR) is 60.8 cm³/mol. The van der Waals surface area contributed by atoms with E-state index in [0.29, 0.717) is 6.42 Å². The molecule has 18 heavy (non-hydrogen) atoms. The van der Waals surface area contributed by atoms with Crippen molar-refractivity contribution in [3.8, 4) is 5.75 Å². The number of carboxylic acid groups (broad SMARTS) is 2. The summed E-state index contributed by atoms with van der Waals surface area (Å²) in [7, 11) is 0. The minimum atomic E-state index is -1.51. The summed E-state index contributed by atoms with van der Waals surface area (Å²) >= 11 is 0. The molecule has 1 aromatic carbocycles. The number of ether oxygens (including phenoxy) is 1. The molecule has 0 spiro atoms. The van der Waals surface area contributed by atoms with Crippen molar-refractivity contribution in [1.29, 1.82) is 0 Å². The summed E-state index contributed by atoms with van der Waals surface area (Å²) in [5.74, 6) is -4.00. The van der Waals surface area contributed by atoms with Crippen LogP contribution in [-0.4, -0.2) is 28.8 Å². The van der Waals surface area contributed by atoms with Crippen LogP contribution in [0.2, 0.25) is 0 Å². The van der Waals surface area contributed by atoms with Gasteiger partial charge in [0, 0.05) is 6.07 Å². The highest BCUT2D eigenvalue weighted by molar-refractivity contribution is 5.98. The van der Waals surface area contributed by atoms with Gasteiger partial charge in [-0.3, -0.25) is 0 Å². The number of carboxylic acids is 2. The highest BCUT2D eigenvalue weighted by Crippen LogP contribution is 2.28. The van der Waals surface area contributed by atoms with Crippen LogP contribution in [0.4, 0.5) is 4.39 Å². The number of hydrogen-bond acceptors (Lipinski definition) is 3. The Morgan fingerprint density at radius 3 is 2.28 bits per heavy atom. The van der Waals surface area contributed by atoms with Gasteiger partial charge in [-0.15, -0.1) is 0 Å². The van der Waals surface area contributed by atoms with E-state index >= 15 is 0 Å². The predicted octanol–water partition coefficient (Wildman–Crippen LogP) is 2.32. The summed E-state index contributed by atoms with van der Waals surface area (Å²) in [5, 5.41) is 17.9. The Morgan fingerprint density at radius 2 is 1.83 bits per heavy atom. The summed E-state index contributed by atoms with van der Waals surface area (Å²) in [6.07, 6.45) is 0.625. The molecule has 0 atom stereocenters. The largest absolute Gasteiger partial charge is 0.493 e. The van der Waals surface area contributed by atoms with Crippen molar-refractivity contribution in [2.24, 2.45) is 0 Å². The number of aromatic carboxylic acids is 2. The topological polar surface area (TPSA) is 83.8 Å². The molecule has 0 aromatic heterocycles. The molecule has 0 radical (unpaired) electrons. The molecular weight excluding hydrogens is 243 g/mol. The Kier molecular flexibility index (Phi) is 4.25. The third kappa shape index (κ3) is 2.58. The molecule has 0 heterocycles. The second-order valence-electron chi connectivity index (χ2n) is 3.69. The maximum Gasteiger partial charge on any atom is 0.339 e. The Hall–Kier alpha value is -2.11. The van der Waals surface area contributed by atoms with E-state index in [-0.39, 0.29) is 23.5 Å². The molecule has 1 aromatic rings. The molecule has 0 fully saturated rings. The summed E-state index contributed by atoms with van der Waals surface area (Å²) in [6.45, 7) is 3.29. The Morgan fingerprint density at radius 1 is 1.28 bits per heavy atom. The fourth-order valence-electron chi connectivity index (χ4n) is 1.60. The van der Waals surface area contributed by atoms with Gasteiger partial charge >= 0.3 is 11.9 Å². The van der Waals surface area contributed by atoms with Crippen molar-refractivity contribution in [1.82, 2.24) is 0 Å². The van der Waals surface area contributed by atoms with Crippen LogP contribution in [0.5, 0.6) is 5.75 Å². The molecule has 0 bridgehead atoms. The molecule has 0 aliphatic carbocycles. The maximum atomic E-state index is 13.6. The highest BCUT2D eigenvalue weighted by Gasteiger charge is 2.24. The van der Waals surface area contributed by atoms with Gasteiger partial charge in [-0.25, -0.2) is 14.0 Å². The van der Waals surface area contributed by atoms with E-state index in [2.05, 4.69) is 0 Å². The van der Waals surface area contributed by atoms with Crippen LogP contribution in [0, 0.1) is 12.7 Å². The summed E-state index contributed by atoms with van der Waals surface area (Å²) in [6, 6.07) is 0.801. The normalized spacial score (nSPS) is 10.2. The lowest BCUT2D eigenvalue weighted by Gasteiger charge is -2.13. The first-order chi connectivity index (χ1) is 8.40. The van der Waals surface area contributed by atoms with Crippen LogP contribution in [-0.2, 0) is 0 Å². The molecule has 0 aliphatic heterocycles. The van der Waals surface area contributed by atoms with Gasteiger partial charge in [0.25, 0.3) is 0 Å². The summed E-state index contributed by atoms with van der Waals surface area (Å²) in [4.78, 5) is 22.0. The molecule has 0 saturated heterocycles. The number of carbonyl (C=O) groups is 2. The van der Waals surface area contributed by atoms with Gasteiger partial charge in [-0.2, -0.15) is 0 Å². The standard InChI is InChI=1S/C12H13FO5/c1-3-4-18-8-5-7(13)9(11(14)15)6(2)10(8)12(16)17/h5H,3-4H2,1-2H3,(H,14,15)(H,16,17). The molecular formula is C12H13FO5. The van der Waals surface area contributed by atoms with E-state index < -0.39 is 23.3 Å². The Balaban J connectivity index is 3.45. The molecule has 0 saturated carbocycles. The average Bonchev–Trinajstić information content (AvgIpc) is 2.24. The number of halogens is 1. The molecule has 1 rings (SSSR count). The van der Waals surface area contributed by atoms with E-state index in [1.807, 2.05) is 6.92 Å². The molecule has 98 valence electrons. The van der Waals surface area contributed by atoms with Gasteiger partial charge in [0.05, 0.1) is 12.2 Å². The zero-order chi connectivity index (χ0) is 13.9. The highest BCUT2D eigenvalue weighted by atomic mass is 19.1. The second kappa shape index (κ2) is 5.48. The van der Waals surface area contributed by atoms with Crippen molar-refractivity contribution in [2.45, 2.75) is 20.3 Å². The second-order valence-corrected chi connectivity index (χ2v) is 3.69.